The van der Waals surface area contributed by atoms with Gasteiger partial charge in [-0.25, -0.2) is 4.68 Å². The molecular formula is C12H13Br2N3OS. The predicted octanol–water partition coefficient (Wildman–Crippen LogP) is 3.85. The second-order valence-corrected chi connectivity index (χ2v) is 6.69. The molecule has 0 amide bonds. The minimum atomic E-state index is -0.0980. The van der Waals surface area contributed by atoms with Crippen LogP contribution in [0.5, 0.6) is 0 Å². The minimum Gasteiger partial charge on any atom is -0.378 e. The van der Waals surface area contributed by atoms with Crippen LogP contribution in [0.4, 0.5) is 5.69 Å². The molecule has 0 spiro atoms. The maximum absolute atomic E-state index is 12.0. The Balaban J connectivity index is 2.13. The van der Waals surface area contributed by atoms with Gasteiger partial charge in [0.2, 0.25) is 0 Å². The Bertz CT molecular complexity index is 624. The molecule has 0 saturated carbocycles. The molecule has 4 nitrogen and oxygen atoms in total. The van der Waals surface area contributed by atoms with E-state index in [4.69, 9.17) is 0 Å². The third-order valence-corrected chi connectivity index (χ3v) is 4.96. The van der Waals surface area contributed by atoms with Crippen molar-refractivity contribution in [2.45, 2.75) is 26.4 Å². The summed E-state index contributed by atoms with van der Waals surface area (Å²) < 4.78 is 3.08. The molecule has 7 heteroatoms. The molecule has 2 aromatic heterocycles. The van der Waals surface area contributed by atoms with Crippen molar-refractivity contribution in [3.05, 3.63) is 41.8 Å². The second-order valence-electron chi connectivity index (χ2n) is 3.99. The molecule has 0 unspecified atom stereocenters. The van der Waals surface area contributed by atoms with Gasteiger partial charge in [0, 0.05) is 27.8 Å². The highest BCUT2D eigenvalue weighted by molar-refractivity contribution is 9.10. The van der Waals surface area contributed by atoms with Crippen LogP contribution in [0.2, 0.25) is 0 Å². The molecule has 0 aliphatic carbocycles. The fourth-order valence-corrected chi connectivity index (χ4v) is 3.43. The third kappa shape index (κ3) is 3.67. The lowest BCUT2D eigenvalue weighted by Gasteiger charge is -2.09. The maximum Gasteiger partial charge on any atom is 0.283 e. The van der Waals surface area contributed by atoms with Crippen molar-refractivity contribution in [2.75, 3.05) is 5.32 Å². The fourth-order valence-electron chi connectivity index (χ4n) is 1.59. The Kier molecular flexibility index (Phi) is 5.18. The Hall–Kier alpha value is -0.660. The van der Waals surface area contributed by atoms with Gasteiger partial charge < -0.3 is 5.32 Å². The van der Waals surface area contributed by atoms with Crippen LogP contribution in [0.3, 0.4) is 0 Å². The lowest BCUT2D eigenvalue weighted by molar-refractivity contribution is 0.566. The topological polar surface area (TPSA) is 46.9 Å². The van der Waals surface area contributed by atoms with E-state index >= 15 is 0 Å². The zero-order valence-corrected chi connectivity index (χ0v) is 14.3. The summed E-state index contributed by atoms with van der Waals surface area (Å²) in [6, 6.07) is 2.05. The van der Waals surface area contributed by atoms with E-state index in [1.165, 1.54) is 9.56 Å². The van der Waals surface area contributed by atoms with E-state index in [0.717, 1.165) is 16.6 Å². The molecule has 19 heavy (non-hydrogen) atoms. The fraction of sp³-hybridized carbons (Fsp3) is 0.333. The maximum atomic E-state index is 12.0. The smallest absolute Gasteiger partial charge is 0.283 e. The summed E-state index contributed by atoms with van der Waals surface area (Å²) in [5.74, 6) is 0. The van der Waals surface area contributed by atoms with Crippen LogP contribution in [0.15, 0.2) is 31.4 Å². The van der Waals surface area contributed by atoms with Gasteiger partial charge in [0.25, 0.3) is 5.56 Å². The normalized spacial score (nSPS) is 10.7. The lowest BCUT2D eigenvalue weighted by Crippen LogP contribution is -2.24. The summed E-state index contributed by atoms with van der Waals surface area (Å²) in [6.07, 6.45) is 2.57. The quantitative estimate of drug-likeness (QED) is 0.820. The summed E-state index contributed by atoms with van der Waals surface area (Å²) in [5, 5.41) is 9.40. The van der Waals surface area contributed by atoms with E-state index in [-0.39, 0.29) is 5.56 Å². The van der Waals surface area contributed by atoms with E-state index in [1.807, 2.05) is 12.3 Å². The van der Waals surface area contributed by atoms with Gasteiger partial charge in [-0.3, -0.25) is 4.79 Å². The number of hydrogen-bond donors (Lipinski definition) is 1. The number of anilines is 1. The number of nitrogens with one attached hydrogen (secondary N) is 1. The van der Waals surface area contributed by atoms with Crippen molar-refractivity contribution in [1.29, 1.82) is 0 Å². The van der Waals surface area contributed by atoms with E-state index in [0.29, 0.717) is 17.6 Å². The highest BCUT2D eigenvalue weighted by Crippen LogP contribution is 2.22. The molecular weight excluding hydrogens is 394 g/mol. The van der Waals surface area contributed by atoms with Crippen LogP contribution in [0, 0.1) is 0 Å². The van der Waals surface area contributed by atoms with Gasteiger partial charge in [0.05, 0.1) is 11.9 Å². The van der Waals surface area contributed by atoms with Gasteiger partial charge >= 0.3 is 0 Å². The van der Waals surface area contributed by atoms with Crippen molar-refractivity contribution in [3.8, 4) is 0 Å². The molecule has 2 rings (SSSR count). The van der Waals surface area contributed by atoms with Crippen LogP contribution >= 0.6 is 43.2 Å². The SMILES string of the molecule is CCCn1ncc(NCc2cc(Br)cs2)c(Br)c1=O. The first-order valence-electron chi connectivity index (χ1n) is 5.84. The van der Waals surface area contributed by atoms with Gasteiger partial charge in [0.1, 0.15) is 4.47 Å². The number of hydrogen-bond acceptors (Lipinski definition) is 4. The van der Waals surface area contributed by atoms with E-state index in [2.05, 4.69) is 48.3 Å². The standard InChI is InChI=1S/C12H13Br2N3OS/c1-2-3-17-12(18)11(14)10(6-16-17)15-5-9-4-8(13)7-19-9/h4,6-7,15H,2-3,5H2,1H3. The molecule has 0 aliphatic heterocycles. The number of halogens is 2. The molecule has 102 valence electrons. The molecule has 2 heterocycles. The Morgan fingerprint density at radius 3 is 2.89 bits per heavy atom. The van der Waals surface area contributed by atoms with Crippen molar-refractivity contribution < 1.29 is 0 Å². The molecule has 0 atom stereocenters. The largest absolute Gasteiger partial charge is 0.378 e. The average molecular weight is 407 g/mol. The molecule has 0 radical (unpaired) electrons. The molecule has 0 aromatic carbocycles. The Morgan fingerprint density at radius 1 is 1.47 bits per heavy atom. The molecule has 1 N–H and O–H groups in total. The van der Waals surface area contributed by atoms with Gasteiger partial charge in [-0.05, 0) is 44.3 Å². The second kappa shape index (κ2) is 6.67. The monoisotopic (exact) mass is 405 g/mol. The van der Waals surface area contributed by atoms with Gasteiger partial charge in [0.15, 0.2) is 0 Å². The third-order valence-electron chi connectivity index (χ3n) is 2.50. The van der Waals surface area contributed by atoms with Crippen molar-refractivity contribution in [3.63, 3.8) is 0 Å². The highest BCUT2D eigenvalue weighted by atomic mass is 79.9. The zero-order valence-electron chi connectivity index (χ0n) is 10.3. The lowest BCUT2D eigenvalue weighted by atomic mass is 10.4. The number of aromatic nitrogens is 2. The van der Waals surface area contributed by atoms with Crippen molar-refractivity contribution in [1.82, 2.24) is 9.78 Å². The first kappa shape index (κ1) is 14.7. The van der Waals surface area contributed by atoms with E-state index in [9.17, 15) is 4.79 Å². The van der Waals surface area contributed by atoms with E-state index in [1.54, 1.807) is 17.5 Å². The van der Waals surface area contributed by atoms with Crippen molar-refractivity contribution >= 4 is 48.9 Å². The summed E-state index contributed by atoms with van der Waals surface area (Å²) in [6.45, 7) is 3.33. The summed E-state index contributed by atoms with van der Waals surface area (Å²) in [5.41, 5.74) is 0.626. The highest BCUT2D eigenvalue weighted by Gasteiger charge is 2.08. The van der Waals surface area contributed by atoms with Crippen LogP contribution in [-0.2, 0) is 13.1 Å². The van der Waals surface area contributed by atoms with Crippen LogP contribution in [0.25, 0.3) is 0 Å². The summed E-state index contributed by atoms with van der Waals surface area (Å²) in [7, 11) is 0. The number of nitrogens with zero attached hydrogens (tertiary/aromatic N) is 2. The average Bonchev–Trinajstić information content (AvgIpc) is 2.80. The minimum absolute atomic E-state index is 0.0980. The Morgan fingerprint density at radius 2 is 2.26 bits per heavy atom. The summed E-state index contributed by atoms with van der Waals surface area (Å²) >= 11 is 8.42. The van der Waals surface area contributed by atoms with Crippen LogP contribution in [0.1, 0.15) is 18.2 Å². The number of rotatable bonds is 5. The molecule has 0 fully saturated rings. The molecule has 0 bridgehead atoms. The van der Waals surface area contributed by atoms with Crippen LogP contribution < -0.4 is 10.9 Å². The molecule has 0 saturated heterocycles. The Labute approximate surface area is 132 Å². The van der Waals surface area contributed by atoms with Gasteiger partial charge in [-0.1, -0.05) is 6.92 Å². The van der Waals surface area contributed by atoms with Crippen molar-refractivity contribution in [2.24, 2.45) is 0 Å². The number of thiophene rings is 1. The predicted molar refractivity (Wildman–Crippen MR) is 85.8 cm³/mol. The van der Waals surface area contributed by atoms with Gasteiger partial charge in [-0.2, -0.15) is 5.10 Å². The zero-order chi connectivity index (χ0) is 13.8. The molecule has 0 aliphatic rings. The first-order chi connectivity index (χ1) is 9.11. The van der Waals surface area contributed by atoms with Gasteiger partial charge in [-0.15, -0.1) is 11.3 Å². The molecule has 2 aromatic rings. The number of aryl methyl sites for hydroxylation is 1. The summed E-state index contributed by atoms with van der Waals surface area (Å²) in [4.78, 5) is 13.2. The van der Waals surface area contributed by atoms with E-state index < -0.39 is 0 Å². The first-order valence-corrected chi connectivity index (χ1v) is 8.30. The van der Waals surface area contributed by atoms with Crippen LogP contribution in [-0.4, -0.2) is 9.78 Å².